The van der Waals surface area contributed by atoms with Crippen LogP contribution in [0.4, 0.5) is 0 Å². The van der Waals surface area contributed by atoms with E-state index in [-0.39, 0.29) is 4.74 Å². The topological polar surface area (TPSA) is 26.3 Å². The monoisotopic (exact) mass is 268 g/mol. The molecule has 2 nitrogen and oxygen atoms in total. The van der Waals surface area contributed by atoms with E-state index in [0.29, 0.717) is 0 Å². The van der Waals surface area contributed by atoms with Gasteiger partial charge in [0, 0.05) is 10.3 Å². The maximum atomic E-state index is 12.1. The van der Waals surface area contributed by atoms with Crippen LogP contribution in [0.5, 0.6) is 5.75 Å². The molecule has 3 rings (SSSR count). The van der Waals surface area contributed by atoms with Crippen molar-refractivity contribution in [2.75, 3.05) is 7.11 Å². The molecule has 19 heavy (non-hydrogen) atoms. The molecule has 94 valence electrons. The molecule has 3 aromatic rings. The van der Waals surface area contributed by atoms with E-state index in [1.54, 1.807) is 7.11 Å². The molecular formula is C16H12O2S. The number of hydrogen-bond donors (Lipinski definition) is 0. The molecule has 0 saturated heterocycles. The number of rotatable bonds is 2. The van der Waals surface area contributed by atoms with Crippen LogP contribution in [-0.4, -0.2) is 7.11 Å². The molecule has 0 bridgehead atoms. The molecule has 0 amide bonds. The van der Waals surface area contributed by atoms with Crippen LogP contribution in [0.1, 0.15) is 0 Å². The Morgan fingerprint density at radius 2 is 1.74 bits per heavy atom. The Labute approximate surface area is 114 Å². The predicted octanol–water partition coefficient (Wildman–Crippen LogP) is 3.94. The van der Waals surface area contributed by atoms with E-state index in [9.17, 15) is 4.79 Å². The lowest BCUT2D eigenvalue weighted by molar-refractivity contribution is 0.415. The normalized spacial score (nSPS) is 10.6. The van der Waals surface area contributed by atoms with Gasteiger partial charge in [-0.15, -0.1) is 0 Å². The summed E-state index contributed by atoms with van der Waals surface area (Å²) in [5, 5.41) is 1.77. The van der Waals surface area contributed by atoms with E-state index in [2.05, 4.69) is 6.07 Å². The summed E-state index contributed by atoms with van der Waals surface area (Å²) in [4.78, 5) is 13.1. The van der Waals surface area contributed by atoms with Crippen LogP contribution < -0.4 is 9.48 Å². The van der Waals surface area contributed by atoms with Gasteiger partial charge in [0.1, 0.15) is 5.75 Å². The van der Waals surface area contributed by atoms with E-state index in [1.807, 2.05) is 48.5 Å². The summed E-state index contributed by atoms with van der Waals surface area (Å²) in [6.07, 6.45) is 0. The second kappa shape index (κ2) is 4.86. The summed E-state index contributed by atoms with van der Waals surface area (Å²) < 4.78 is 5.24. The first-order chi connectivity index (χ1) is 9.28. The molecule has 0 saturated carbocycles. The van der Waals surface area contributed by atoms with Crippen molar-refractivity contribution in [3.63, 3.8) is 0 Å². The van der Waals surface area contributed by atoms with Crippen molar-refractivity contribution in [1.82, 2.24) is 0 Å². The highest BCUT2D eigenvalue weighted by molar-refractivity contribution is 7.13. The number of ether oxygens (including phenoxy) is 1. The molecule has 3 heteroatoms. The van der Waals surface area contributed by atoms with Crippen molar-refractivity contribution >= 4 is 22.1 Å². The van der Waals surface area contributed by atoms with Gasteiger partial charge in [-0.1, -0.05) is 29.5 Å². The van der Waals surface area contributed by atoms with Gasteiger partial charge in [-0.05, 0) is 47.3 Å². The highest BCUT2D eigenvalue weighted by atomic mass is 32.1. The van der Waals surface area contributed by atoms with E-state index in [1.165, 1.54) is 11.3 Å². The maximum absolute atomic E-state index is 12.1. The largest absolute Gasteiger partial charge is 0.497 e. The van der Waals surface area contributed by atoms with Crippen LogP contribution in [-0.2, 0) is 0 Å². The van der Waals surface area contributed by atoms with Crippen LogP contribution in [0.15, 0.2) is 59.4 Å². The molecule has 0 unspecified atom stereocenters. The summed E-state index contributed by atoms with van der Waals surface area (Å²) in [6, 6.07) is 17.5. The minimum atomic E-state index is 0.101. The van der Waals surface area contributed by atoms with E-state index < -0.39 is 0 Å². The fraction of sp³-hybridized carbons (Fsp3) is 0.0625. The number of fused-ring (bicyclic) bond motifs is 1. The first kappa shape index (κ1) is 11.9. The molecule has 0 N–H and O–H groups in total. The lowest BCUT2D eigenvalue weighted by Gasteiger charge is -2.04. The quantitative estimate of drug-likeness (QED) is 0.703. The minimum Gasteiger partial charge on any atom is -0.497 e. The number of hydrogen-bond acceptors (Lipinski definition) is 3. The van der Waals surface area contributed by atoms with Crippen LogP contribution in [0.25, 0.3) is 21.2 Å². The Hall–Kier alpha value is -2.13. The zero-order valence-electron chi connectivity index (χ0n) is 10.4. The SMILES string of the molecule is COc1ccc(-c2cc3ccccc3c(=O)s2)cc1. The van der Waals surface area contributed by atoms with E-state index in [4.69, 9.17) is 4.74 Å². The Balaban J connectivity index is 2.16. The van der Waals surface area contributed by atoms with Gasteiger partial charge < -0.3 is 4.74 Å². The third-order valence-corrected chi connectivity index (χ3v) is 4.02. The van der Waals surface area contributed by atoms with E-state index in [0.717, 1.165) is 27.0 Å². The molecule has 0 spiro atoms. The molecule has 0 fully saturated rings. The number of methoxy groups -OCH3 is 1. The molecule has 0 aliphatic heterocycles. The maximum Gasteiger partial charge on any atom is 0.240 e. The van der Waals surface area contributed by atoms with E-state index >= 15 is 0 Å². The van der Waals surface area contributed by atoms with Gasteiger partial charge >= 0.3 is 0 Å². The van der Waals surface area contributed by atoms with Crippen molar-refractivity contribution in [2.24, 2.45) is 0 Å². The van der Waals surface area contributed by atoms with Crippen LogP contribution >= 0.6 is 11.3 Å². The Kier molecular flexibility index (Phi) is 3.05. The zero-order chi connectivity index (χ0) is 13.2. The second-order valence-corrected chi connectivity index (χ2v) is 5.23. The van der Waals surface area contributed by atoms with Gasteiger partial charge in [-0.25, -0.2) is 0 Å². The van der Waals surface area contributed by atoms with Crippen molar-refractivity contribution < 1.29 is 4.74 Å². The summed E-state index contributed by atoms with van der Waals surface area (Å²) in [5.74, 6) is 0.817. The summed E-state index contributed by atoms with van der Waals surface area (Å²) in [5.41, 5.74) is 1.04. The van der Waals surface area contributed by atoms with Crippen LogP contribution in [0, 0.1) is 0 Å². The van der Waals surface area contributed by atoms with Gasteiger partial charge in [-0.2, -0.15) is 0 Å². The Morgan fingerprint density at radius 1 is 1.00 bits per heavy atom. The third-order valence-electron chi connectivity index (χ3n) is 3.04. The Bertz CT molecular complexity index is 773. The first-order valence-corrected chi connectivity index (χ1v) is 6.77. The average molecular weight is 268 g/mol. The third kappa shape index (κ3) is 2.25. The summed E-state index contributed by atoms with van der Waals surface area (Å²) >= 11 is 1.28. The lowest BCUT2D eigenvalue weighted by atomic mass is 10.1. The van der Waals surface area contributed by atoms with Crippen molar-refractivity contribution in [3.05, 3.63) is 64.1 Å². The molecule has 1 aromatic heterocycles. The highest BCUT2D eigenvalue weighted by Crippen LogP contribution is 2.27. The average Bonchev–Trinajstić information content (AvgIpc) is 2.47. The van der Waals surface area contributed by atoms with Gasteiger partial charge in [0.05, 0.1) is 7.11 Å². The van der Waals surface area contributed by atoms with Crippen LogP contribution in [0.2, 0.25) is 0 Å². The van der Waals surface area contributed by atoms with Crippen molar-refractivity contribution in [1.29, 1.82) is 0 Å². The molecule has 2 aromatic carbocycles. The van der Waals surface area contributed by atoms with Crippen molar-refractivity contribution in [3.8, 4) is 16.2 Å². The molecule has 0 radical (unpaired) electrons. The molecule has 0 atom stereocenters. The zero-order valence-corrected chi connectivity index (χ0v) is 11.2. The first-order valence-electron chi connectivity index (χ1n) is 5.95. The van der Waals surface area contributed by atoms with Crippen LogP contribution in [0.3, 0.4) is 0 Å². The van der Waals surface area contributed by atoms with Gasteiger partial charge in [-0.3, -0.25) is 4.79 Å². The molecular weight excluding hydrogens is 256 g/mol. The molecule has 1 heterocycles. The summed E-state index contributed by atoms with van der Waals surface area (Å²) in [7, 11) is 1.64. The van der Waals surface area contributed by atoms with Crippen molar-refractivity contribution in [2.45, 2.75) is 0 Å². The predicted molar refractivity (Wildman–Crippen MR) is 80.1 cm³/mol. The fourth-order valence-corrected chi connectivity index (χ4v) is 2.97. The number of benzene rings is 2. The summed E-state index contributed by atoms with van der Waals surface area (Å²) in [6.45, 7) is 0. The molecule has 0 aliphatic rings. The standard InChI is InChI=1S/C16H12O2S/c1-18-13-8-6-11(7-9-13)15-10-12-4-2-3-5-14(12)16(17)19-15/h2-10H,1H3. The van der Waals surface area contributed by atoms with Gasteiger partial charge in [0.2, 0.25) is 4.74 Å². The van der Waals surface area contributed by atoms with Gasteiger partial charge in [0.25, 0.3) is 0 Å². The second-order valence-electron chi connectivity index (χ2n) is 4.21. The lowest BCUT2D eigenvalue weighted by Crippen LogP contribution is -1.95. The Morgan fingerprint density at radius 3 is 2.47 bits per heavy atom. The minimum absolute atomic E-state index is 0.101. The fourth-order valence-electron chi connectivity index (χ4n) is 2.03. The molecule has 0 aliphatic carbocycles. The van der Waals surface area contributed by atoms with Gasteiger partial charge in [0.15, 0.2) is 0 Å². The smallest absolute Gasteiger partial charge is 0.240 e. The highest BCUT2D eigenvalue weighted by Gasteiger charge is 2.04.